The highest BCUT2D eigenvalue weighted by Gasteiger charge is 2.32. The lowest BCUT2D eigenvalue weighted by molar-refractivity contribution is -0.130. The molecule has 3 aromatic heterocycles. The molecule has 3 N–H and O–H groups in total. The molecule has 46 heavy (non-hydrogen) atoms. The molecule has 12 heteroatoms. The number of ether oxygens (including phenoxy) is 1. The minimum atomic E-state index is -0.932. The topological polar surface area (TPSA) is 128 Å². The first-order chi connectivity index (χ1) is 22.3. The minimum Gasteiger partial charge on any atom is -0.438 e. The number of benzene rings is 3. The number of aromatic nitrogens is 4. The Morgan fingerprint density at radius 1 is 1.07 bits per heavy atom. The quantitative estimate of drug-likeness (QED) is 0.147. The molecule has 3 aromatic carbocycles. The van der Waals surface area contributed by atoms with Gasteiger partial charge in [-0.1, -0.05) is 18.2 Å². The maximum Gasteiger partial charge on any atom is 0.243 e. The van der Waals surface area contributed by atoms with Crippen molar-refractivity contribution in [1.29, 1.82) is 0 Å². The Morgan fingerprint density at radius 2 is 1.87 bits per heavy atom. The summed E-state index contributed by atoms with van der Waals surface area (Å²) >= 11 is 1.51. The number of nitrogens with one attached hydrogen (secondary N) is 1. The van der Waals surface area contributed by atoms with E-state index >= 15 is 0 Å². The lowest BCUT2D eigenvalue weighted by atomic mass is 9.99. The van der Waals surface area contributed by atoms with Crippen LogP contribution in [0.5, 0.6) is 11.6 Å². The second kappa shape index (κ2) is 11.9. The fraction of sp³-hybridized carbons (Fsp3) is 0.0882. The molecule has 1 unspecified atom stereocenters. The van der Waals surface area contributed by atoms with Gasteiger partial charge in [-0.3, -0.25) is 19.2 Å². The van der Waals surface area contributed by atoms with E-state index in [9.17, 15) is 14.0 Å². The van der Waals surface area contributed by atoms with Crippen LogP contribution in [-0.4, -0.2) is 31.6 Å². The summed E-state index contributed by atoms with van der Waals surface area (Å²) in [6.07, 6.45) is 8.81. The monoisotopic (exact) mass is 631 g/mol. The predicted octanol–water partition coefficient (Wildman–Crippen LogP) is 6.78. The van der Waals surface area contributed by atoms with Crippen LogP contribution in [0.4, 0.5) is 21.5 Å². The Labute approximate surface area is 266 Å². The van der Waals surface area contributed by atoms with E-state index in [4.69, 9.17) is 10.5 Å². The summed E-state index contributed by atoms with van der Waals surface area (Å²) in [4.78, 5) is 38.3. The molecule has 0 fully saturated rings. The molecule has 4 heterocycles. The molecule has 1 aliphatic heterocycles. The number of hydrogen-bond acceptors (Lipinski definition) is 8. The number of nitrogens with two attached hydrogens (primary N) is 1. The third-order valence-corrected chi connectivity index (χ3v) is 8.66. The maximum atomic E-state index is 13.4. The molecular weight excluding hydrogens is 605 g/mol. The molecule has 6 aromatic rings. The Morgan fingerprint density at radius 3 is 2.61 bits per heavy atom. The van der Waals surface area contributed by atoms with Crippen molar-refractivity contribution in [2.75, 3.05) is 16.0 Å². The number of aryl methyl sites for hydroxylation is 1. The number of hydrogen-bond donors (Lipinski definition) is 2. The summed E-state index contributed by atoms with van der Waals surface area (Å²) in [6.45, 7) is 0. The zero-order chi connectivity index (χ0) is 31.8. The molecule has 0 aliphatic carbocycles. The highest BCUT2D eigenvalue weighted by atomic mass is 32.1. The van der Waals surface area contributed by atoms with E-state index in [2.05, 4.69) is 20.4 Å². The molecule has 1 atom stereocenters. The summed E-state index contributed by atoms with van der Waals surface area (Å²) < 4.78 is 21.4. The Kier molecular flexibility index (Phi) is 7.47. The van der Waals surface area contributed by atoms with E-state index in [0.29, 0.717) is 28.7 Å². The van der Waals surface area contributed by atoms with Crippen molar-refractivity contribution in [2.24, 2.45) is 13.0 Å². The second-order valence-corrected chi connectivity index (χ2v) is 11.7. The van der Waals surface area contributed by atoms with Gasteiger partial charge in [0, 0.05) is 52.5 Å². The standard InChI is InChI=1S/C34H26FN7O3S/c1-41-18-21(17-39-41)30-28(20-4-2-5-23(36)16-20)29-32(37-19-38-33(29)46-30)45-26-13-9-24(10-14-26)40-31(43)27-6-3-15-42(34(27)44)25-11-7-22(35)8-12-25/h2-5,7-19,27H,6,36H2,1H3,(H,40,43). The number of fused-ring (bicyclic) bond motifs is 1. The zero-order valence-electron chi connectivity index (χ0n) is 24.4. The molecule has 0 radical (unpaired) electrons. The van der Waals surface area contributed by atoms with Crippen LogP contribution in [0.2, 0.25) is 0 Å². The molecule has 0 saturated heterocycles. The van der Waals surface area contributed by atoms with Crippen molar-refractivity contribution in [2.45, 2.75) is 6.42 Å². The average molecular weight is 632 g/mol. The first-order valence-corrected chi connectivity index (χ1v) is 15.1. The molecule has 10 nitrogen and oxygen atoms in total. The molecule has 228 valence electrons. The third kappa shape index (κ3) is 5.57. The van der Waals surface area contributed by atoms with Gasteiger partial charge < -0.3 is 15.8 Å². The largest absolute Gasteiger partial charge is 0.438 e. The lowest BCUT2D eigenvalue weighted by Crippen LogP contribution is -2.41. The number of nitrogens with zero attached hydrogens (tertiary/aromatic N) is 5. The molecule has 2 amide bonds. The van der Waals surface area contributed by atoms with Gasteiger partial charge in [-0.15, -0.1) is 11.3 Å². The van der Waals surface area contributed by atoms with Crippen molar-refractivity contribution < 1.29 is 18.7 Å². The van der Waals surface area contributed by atoms with Gasteiger partial charge >= 0.3 is 0 Å². The van der Waals surface area contributed by atoms with Crippen LogP contribution < -0.4 is 20.7 Å². The van der Waals surface area contributed by atoms with Crippen molar-refractivity contribution in [3.63, 3.8) is 0 Å². The van der Waals surface area contributed by atoms with E-state index in [1.54, 1.807) is 47.4 Å². The Bertz CT molecular complexity index is 2120. The van der Waals surface area contributed by atoms with Crippen molar-refractivity contribution in [1.82, 2.24) is 19.7 Å². The van der Waals surface area contributed by atoms with Crippen LogP contribution >= 0.6 is 11.3 Å². The molecule has 7 rings (SSSR count). The lowest BCUT2D eigenvalue weighted by Gasteiger charge is -2.27. The fourth-order valence-electron chi connectivity index (χ4n) is 5.32. The minimum absolute atomic E-state index is 0.254. The maximum absolute atomic E-state index is 13.4. The van der Waals surface area contributed by atoms with E-state index in [1.165, 1.54) is 46.8 Å². The molecule has 0 spiro atoms. The third-order valence-electron chi connectivity index (χ3n) is 7.52. The highest BCUT2D eigenvalue weighted by Crippen LogP contribution is 2.47. The van der Waals surface area contributed by atoms with Gasteiger partial charge in [-0.05, 0) is 72.6 Å². The normalized spacial score (nSPS) is 14.5. The number of allylic oxidation sites excluding steroid dienone is 1. The zero-order valence-corrected chi connectivity index (χ0v) is 25.2. The smallest absolute Gasteiger partial charge is 0.243 e. The number of amides is 2. The SMILES string of the molecule is Cn1cc(-c2sc3ncnc(Oc4ccc(NC(=O)C5CC=CN(c6ccc(F)cc6)C5=O)cc4)c3c2-c2cccc(N)c2)cn1. The Balaban J connectivity index is 1.14. The van der Waals surface area contributed by atoms with E-state index in [0.717, 1.165) is 31.8 Å². The van der Waals surface area contributed by atoms with E-state index in [-0.39, 0.29) is 6.42 Å². The summed E-state index contributed by atoms with van der Waals surface area (Å²) in [5, 5.41) is 7.92. The molecule has 1 aliphatic rings. The number of rotatable bonds is 7. The first kappa shape index (κ1) is 28.9. The number of anilines is 3. The van der Waals surface area contributed by atoms with Gasteiger partial charge in [-0.2, -0.15) is 5.10 Å². The van der Waals surface area contributed by atoms with Gasteiger partial charge in [-0.25, -0.2) is 14.4 Å². The average Bonchev–Trinajstić information content (AvgIpc) is 3.67. The van der Waals surface area contributed by atoms with Crippen molar-refractivity contribution in [3.8, 4) is 33.2 Å². The number of nitrogen functional groups attached to an aromatic ring is 1. The van der Waals surface area contributed by atoms with Gasteiger partial charge in [0.25, 0.3) is 0 Å². The van der Waals surface area contributed by atoms with Gasteiger partial charge in [0.15, 0.2) is 0 Å². The molecular formula is C34H26FN7O3S. The summed E-state index contributed by atoms with van der Waals surface area (Å²) in [5.41, 5.74) is 10.5. The summed E-state index contributed by atoms with van der Waals surface area (Å²) in [5.74, 6) is -1.32. The summed E-state index contributed by atoms with van der Waals surface area (Å²) in [6, 6.07) is 20.0. The Hall–Kier alpha value is -5.88. The van der Waals surface area contributed by atoms with Gasteiger partial charge in [0.1, 0.15) is 28.6 Å². The van der Waals surface area contributed by atoms with Crippen LogP contribution in [-0.2, 0) is 16.6 Å². The number of carbonyl (C=O) groups excluding carboxylic acids is 2. The first-order valence-electron chi connectivity index (χ1n) is 14.3. The number of halogens is 1. The van der Waals surface area contributed by atoms with Crippen molar-refractivity contribution >= 4 is 50.4 Å². The van der Waals surface area contributed by atoms with E-state index < -0.39 is 23.5 Å². The van der Waals surface area contributed by atoms with Crippen molar-refractivity contribution in [3.05, 3.63) is 110 Å². The van der Waals surface area contributed by atoms with E-state index in [1.807, 2.05) is 37.5 Å². The van der Waals surface area contributed by atoms with Crippen LogP contribution in [0.3, 0.4) is 0 Å². The van der Waals surface area contributed by atoms with Crippen LogP contribution in [0.1, 0.15) is 6.42 Å². The van der Waals surface area contributed by atoms with Crippen LogP contribution in [0.25, 0.3) is 31.8 Å². The van der Waals surface area contributed by atoms with Crippen LogP contribution in [0, 0.1) is 11.7 Å². The summed E-state index contributed by atoms with van der Waals surface area (Å²) in [7, 11) is 1.87. The fourth-order valence-corrected chi connectivity index (χ4v) is 6.45. The second-order valence-electron chi connectivity index (χ2n) is 10.7. The van der Waals surface area contributed by atoms with Gasteiger partial charge in [0.05, 0.1) is 11.6 Å². The molecule has 0 saturated carbocycles. The highest BCUT2D eigenvalue weighted by molar-refractivity contribution is 7.22. The van der Waals surface area contributed by atoms with Gasteiger partial charge in [0.2, 0.25) is 17.7 Å². The number of carbonyl (C=O) groups is 2. The molecule has 0 bridgehead atoms. The number of thiophene rings is 1. The predicted molar refractivity (Wildman–Crippen MR) is 176 cm³/mol. The van der Waals surface area contributed by atoms with Crippen LogP contribution in [0.15, 0.2) is 104 Å².